The van der Waals surface area contributed by atoms with Gasteiger partial charge in [0.2, 0.25) is 16.9 Å². The second kappa shape index (κ2) is 20.1. The second-order valence-corrected chi connectivity index (χ2v) is 19.7. The summed E-state index contributed by atoms with van der Waals surface area (Å²) in [7, 11) is -8.53. The van der Waals surface area contributed by atoms with Gasteiger partial charge in [0.25, 0.3) is 0 Å². The number of amides is 1. The number of imidazole rings is 1. The number of phosphoric ester groups is 1. The van der Waals surface area contributed by atoms with E-state index < -0.39 is 48.5 Å². The highest BCUT2D eigenvalue weighted by atomic mass is 31.3. The molecule has 4 heterocycles. The number of carbonyl (C=O) groups excluding carboxylic acids is 1. The third kappa shape index (κ3) is 12.5. The van der Waals surface area contributed by atoms with Crippen LogP contribution in [0.2, 0.25) is 0 Å². The number of ether oxygens (including phenoxy) is 1. The number of aliphatic hydroxyl groups excluding tert-OH is 1. The lowest BCUT2D eigenvalue weighted by Crippen LogP contribution is -2.37. The lowest BCUT2D eigenvalue weighted by molar-refractivity contribution is -0.645. The summed E-state index contributed by atoms with van der Waals surface area (Å²) in [6, 6.07) is 15.2. The molecule has 3 aromatic heterocycles. The molecule has 5 atom stereocenters. The van der Waals surface area contributed by atoms with Crippen LogP contribution in [-0.4, -0.2) is 110 Å². The number of aromatic nitrogens is 5. The van der Waals surface area contributed by atoms with Crippen LogP contribution in [0.1, 0.15) is 51.2 Å². The molecule has 0 aliphatic carbocycles. The number of nitrogens with zero attached hydrogens (tertiary/aromatic N) is 7. The van der Waals surface area contributed by atoms with Crippen molar-refractivity contribution in [1.82, 2.24) is 24.8 Å². The van der Waals surface area contributed by atoms with Gasteiger partial charge in [-0.25, -0.2) is 28.6 Å². The molecule has 1 amide bonds. The molecule has 1 fully saturated rings. The number of pyridine rings is 1. The van der Waals surface area contributed by atoms with Crippen LogP contribution in [0.3, 0.4) is 0 Å². The van der Waals surface area contributed by atoms with Crippen molar-refractivity contribution in [3.8, 4) is 0 Å². The first-order valence-electron chi connectivity index (χ1n) is 19.8. The van der Waals surface area contributed by atoms with E-state index in [0.717, 1.165) is 58.9 Å². The molecule has 25 heteroatoms. The average molecular weight is 925 g/mol. The molecule has 0 saturated carbocycles. The maximum Gasteiger partial charge on any atom is 0.490 e. The Labute approximate surface area is 357 Å². The molecule has 1 aliphatic heterocycles. The number of phosphoric acid groups is 3. The number of aliphatic hydroxyl groups is 1. The Morgan fingerprint density at radius 2 is 1.50 bits per heavy atom. The van der Waals surface area contributed by atoms with Gasteiger partial charge >= 0.3 is 23.5 Å². The Kier molecular flexibility index (Phi) is 15.4. The zero-order chi connectivity index (χ0) is 44.8. The molecule has 0 spiro atoms. The summed E-state index contributed by atoms with van der Waals surface area (Å²) >= 11 is 0. The Balaban J connectivity index is 0.917. The van der Waals surface area contributed by atoms with Crippen LogP contribution in [-0.2, 0) is 42.9 Å². The van der Waals surface area contributed by atoms with E-state index in [0.29, 0.717) is 49.5 Å². The van der Waals surface area contributed by atoms with Gasteiger partial charge in [0.05, 0.1) is 19.0 Å². The fraction of sp³-hybridized carbons (Fsp3) is 0.486. The molecule has 338 valence electrons. The van der Waals surface area contributed by atoms with Crippen LogP contribution < -0.4 is 25.0 Å². The van der Waals surface area contributed by atoms with E-state index in [-0.39, 0.29) is 12.3 Å². The number of rotatable bonds is 22. The number of hydrogen-bond acceptors (Lipinski definition) is 15. The number of unbranched alkanes of at least 4 members (excludes halogenated alkanes) is 3. The molecule has 2 unspecified atom stereocenters. The van der Waals surface area contributed by atoms with Gasteiger partial charge in [-0.3, -0.25) is 13.9 Å². The van der Waals surface area contributed by atoms with Crippen LogP contribution >= 0.6 is 23.5 Å². The molecule has 7 N–H and O–H groups in total. The van der Waals surface area contributed by atoms with Crippen molar-refractivity contribution >= 4 is 79.5 Å². The summed E-state index contributed by atoms with van der Waals surface area (Å²) in [5.41, 5.74) is 5.30. The average Bonchev–Trinajstić information content (AvgIpc) is 3.79. The molecule has 5 aromatic rings. The van der Waals surface area contributed by atoms with Crippen molar-refractivity contribution in [2.24, 2.45) is 0 Å². The minimum atomic E-state index is -5.70. The first kappa shape index (κ1) is 47.3. The number of anilines is 3. The lowest BCUT2D eigenvalue weighted by Gasteiger charge is -2.19. The maximum absolute atomic E-state index is 12.9. The Bertz CT molecular complexity index is 2460. The predicted molar refractivity (Wildman–Crippen MR) is 229 cm³/mol. The summed E-state index contributed by atoms with van der Waals surface area (Å²) in [6.45, 7) is 1.09. The van der Waals surface area contributed by atoms with Crippen molar-refractivity contribution in [3.63, 3.8) is 0 Å². The molecule has 1 aliphatic rings. The van der Waals surface area contributed by atoms with E-state index in [2.05, 4.69) is 95.6 Å². The number of nitrogens with one attached hydrogen (secondary N) is 2. The Morgan fingerprint density at radius 3 is 2.13 bits per heavy atom. The summed E-state index contributed by atoms with van der Waals surface area (Å²) < 4.78 is 56.2. The highest BCUT2D eigenvalue weighted by Gasteiger charge is 2.43. The van der Waals surface area contributed by atoms with E-state index in [1.807, 2.05) is 28.2 Å². The molecule has 6 rings (SSSR count). The third-order valence-electron chi connectivity index (χ3n) is 10.1. The Hall–Kier alpha value is -4.14. The molecule has 1 saturated heterocycles. The summed E-state index contributed by atoms with van der Waals surface area (Å²) in [4.78, 5) is 66.5. The molecular formula is C37H53N9O13P3+. The van der Waals surface area contributed by atoms with Crippen molar-refractivity contribution in [2.75, 3.05) is 63.0 Å². The predicted octanol–water partition coefficient (Wildman–Crippen LogP) is 4.11. The quantitative estimate of drug-likeness (QED) is 0.0222. The monoisotopic (exact) mass is 924 g/mol. The lowest BCUT2D eigenvalue weighted by atomic mass is 10.1. The standard InChI is InChI=1S/C37H52N9O13P3/c1-43(2)27-13-11-25-18-26-12-14-28(44(3)4)20-30(26)45(29(25)19-27)17-9-10-33(48)38-15-7-5-6-8-16-39-36-35-37(41-23-40-36)46(24-42-35)34-21-31(47)32(57-34)22-56-61(52,53)59-62(54,55)58-60(49,50)51/h11-14,18-20,23-24,31-32,34,47H,5-10,15-17,21-22H2,1-4H3,(H5-,38,39,40,41,48,49,50,51,52,53,54,55)/p+1/t31-,32+,34+/m0/s1. The van der Waals surface area contributed by atoms with Crippen LogP contribution in [0.5, 0.6) is 0 Å². The first-order chi connectivity index (χ1) is 29.3. The number of hydrogen-bond donors (Lipinski definition) is 7. The molecule has 0 bridgehead atoms. The number of aryl methyl sites for hydroxylation is 1. The SMILES string of the molecule is CN(C)c1ccc2cc3ccc(N(C)C)cc3[n+](CCCC(=O)NCCCCCCNc3ncnc4c3ncn4[C@H]3C[C@H](O)[C@@H](COP(=O)(O)OP(=O)(O)OP(=O)(O)O)O3)c2c1. The van der Waals surface area contributed by atoms with Crippen LogP contribution in [0.4, 0.5) is 17.2 Å². The minimum Gasteiger partial charge on any atom is -0.390 e. The van der Waals surface area contributed by atoms with Gasteiger partial charge in [-0.1, -0.05) is 12.8 Å². The van der Waals surface area contributed by atoms with E-state index in [1.54, 1.807) is 0 Å². The van der Waals surface area contributed by atoms with E-state index >= 15 is 0 Å². The van der Waals surface area contributed by atoms with E-state index in [4.69, 9.17) is 14.5 Å². The van der Waals surface area contributed by atoms with E-state index in [1.165, 1.54) is 17.2 Å². The van der Waals surface area contributed by atoms with Gasteiger partial charge in [-0.2, -0.15) is 13.2 Å². The second-order valence-electron chi connectivity index (χ2n) is 15.2. The van der Waals surface area contributed by atoms with Gasteiger partial charge in [-0.15, -0.1) is 0 Å². The van der Waals surface area contributed by atoms with Crippen molar-refractivity contribution < 1.29 is 65.6 Å². The van der Waals surface area contributed by atoms with Gasteiger partial charge in [0.1, 0.15) is 25.2 Å². The number of benzene rings is 2. The first-order valence-corrected chi connectivity index (χ1v) is 24.4. The number of fused-ring (bicyclic) bond motifs is 3. The third-order valence-corrected chi connectivity index (χ3v) is 14.0. The largest absolute Gasteiger partial charge is 0.490 e. The fourth-order valence-corrected chi connectivity index (χ4v) is 10.1. The molecular weight excluding hydrogens is 871 g/mol. The maximum atomic E-state index is 12.9. The van der Waals surface area contributed by atoms with Crippen molar-refractivity contribution in [2.45, 2.75) is 69.9 Å². The van der Waals surface area contributed by atoms with Crippen molar-refractivity contribution in [1.29, 1.82) is 0 Å². The molecule has 0 radical (unpaired) electrons. The summed E-state index contributed by atoms with van der Waals surface area (Å²) in [5, 5.41) is 19.2. The van der Waals surface area contributed by atoms with Gasteiger partial charge in [-0.05, 0) is 43.2 Å². The summed E-state index contributed by atoms with van der Waals surface area (Å²) in [6.07, 6.45) is 4.09. The Morgan fingerprint density at radius 1 is 0.855 bits per heavy atom. The normalized spacial score (nSPS) is 18.8. The van der Waals surface area contributed by atoms with E-state index in [9.17, 15) is 33.4 Å². The highest BCUT2D eigenvalue weighted by Crippen LogP contribution is 2.66. The minimum absolute atomic E-state index is 0.0132. The van der Waals surface area contributed by atoms with Crippen LogP contribution in [0.25, 0.3) is 33.0 Å². The van der Waals surface area contributed by atoms with Crippen LogP contribution in [0.15, 0.2) is 55.1 Å². The topological polar surface area (TPSA) is 284 Å². The van der Waals surface area contributed by atoms with Crippen LogP contribution in [0, 0.1) is 0 Å². The van der Waals surface area contributed by atoms with Gasteiger partial charge in [0, 0.05) is 94.8 Å². The van der Waals surface area contributed by atoms with Crippen molar-refractivity contribution in [3.05, 3.63) is 55.1 Å². The zero-order valence-corrected chi connectivity index (χ0v) is 37.4. The smallest absolute Gasteiger partial charge is 0.390 e. The number of carbonyl (C=O) groups is 1. The zero-order valence-electron chi connectivity index (χ0n) is 34.7. The fourth-order valence-electron chi connectivity index (χ4n) is 7.09. The molecule has 22 nitrogen and oxygen atoms in total. The molecule has 2 aromatic carbocycles. The van der Waals surface area contributed by atoms with Gasteiger partial charge < -0.3 is 49.9 Å². The summed E-state index contributed by atoms with van der Waals surface area (Å²) in [5.74, 6) is 0.512. The highest BCUT2D eigenvalue weighted by molar-refractivity contribution is 7.66. The van der Waals surface area contributed by atoms with Gasteiger partial charge in [0.15, 0.2) is 17.0 Å². The molecule has 62 heavy (non-hydrogen) atoms.